The zero-order chi connectivity index (χ0) is 19.3. The third-order valence-electron chi connectivity index (χ3n) is 3.19. The van der Waals surface area contributed by atoms with Crippen LogP contribution in [0.5, 0.6) is 0 Å². The van der Waals surface area contributed by atoms with E-state index in [-0.39, 0.29) is 12.1 Å². The van der Waals surface area contributed by atoms with Gasteiger partial charge in [0.05, 0.1) is 10.5 Å². The summed E-state index contributed by atoms with van der Waals surface area (Å²) >= 11 is 0. The highest BCUT2D eigenvalue weighted by molar-refractivity contribution is 7.91. The second kappa shape index (κ2) is 6.17. The number of hydrogen-bond acceptors (Lipinski definition) is 2. The van der Waals surface area contributed by atoms with Gasteiger partial charge in [-0.1, -0.05) is 6.58 Å². The van der Waals surface area contributed by atoms with E-state index in [1.807, 2.05) is 0 Å². The molecule has 0 aliphatic heterocycles. The van der Waals surface area contributed by atoms with Crippen LogP contribution in [0.15, 0.2) is 28.5 Å². The summed E-state index contributed by atoms with van der Waals surface area (Å²) in [6.45, 7) is 4.12. The summed E-state index contributed by atoms with van der Waals surface area (Å²) in [6, 6.07) is -0.149. The van der Waals surface area contributed by atoms with Crippen molar-refractivity contribution in [1.29, 1.82) is 0 Å². The predicted molar refractivity (Wildman–Crippen MR) is 72.7 cm³/mol. The largest absolute Gasteiger partial charge is 0.218 e. The number of rotatable bonds is 3. The van der Waals surface area contributed by atoms with Crippen molar-refractivity contribution in [3.05, 3.63) is 65.0 Å². The van der Waals surface area contributed by atoms with Gasteiger partial charge in [0.25, 0.3) is 0 Å². The number of hydrogen-bond donors (Lipinski definition) is 0. The molecule has 0 fully saturated rings. The summed E-state index contributed by atoms with van der Waals surface area (Å²) in [6.07, 6.45) is 0. The number of benzene rings is 2. The van der Waals surface area contributed by atoms with Crippen LogP contribution in [0.3, 0.4) is 0 Å². The molecular weight excluding hydrogens is 377 g/mol. The molecular formula is C15H7F7O2S. The van der Waals surface area contributed by atoms with Gasteiger partial charge in [0.1, 0.15) is 4.90 Å². The van der Waals surface area contributed by atoms with E-state index in [9.17, 15) is 39.2 Å². The Morgan fingerprint density at radius 2 is 1.20 bits per heavy atom. The molecule has 0 N–H and O–H groups in total. The van der Waals surface area contributed by atoms with E-state index in [1.54, 1.807) is 0 Å². The lowest BCUT2D eigenvalue weighted by molar-refractivity contribution is 0.415. The smallest absolute Gasteiger partial charge is 0.212 e. The van der Waals surface area contributed by atoms with Gasteiger partial charge in [-0.3, -0.25) is 0 Å². The maximum atomic E-state index is 14.1. The predicted octanol–water partition coefficient (Wildman–Crippen LogP) is 4.53. The van der Waals surface area contributed by atoms with Crippen LogP contribution < -0.4 is 0 Å². The monoisotopic (exact) mass is 384 g/mol. The minimum absolute atomic E-state index is 0.0743. The van der Waals surface area contributed by atoms with E-state index in [2.05, 4.69) is 6.58 Å². The van der Waals surface area contributed by atoms with Crippen LogP contribution >= 0.6 is 0 Å². The van der Waals surface area contributed by atoms with Gasteiger partial charge in [-0.15, -0.1) is 0 Å². The van der Waals surface area contributed by atoms with Crippen molar-refractivity contribution in [3.63, 3.8) is 0 Å². The van der Waals surface area contributed by atoms with Crippen molar-refractivity contribution in [2.24, 2.45) is 0 Å². The van der Waals surface area contributed by atoms with E-state index in [4.69, 9.17) is 0 Å². The minimum Gasteiger partial charge on any atom is -0.218 e. The van der Waals surface area contributed by atoms with Crippen molar-refractivity contribution in [3.8, 4) is 0 Å². The van der Waals surface area contributed by atoms with Crippen LogP contribution in [0.1, 0.15) is 12.5 Å². The fourth-order valence-electron chi connectivity index (χ4n) is 2.03. The van der Waals surface area contributed by atoms with E-state index in [0.717, 1.165) is 6.92 Å². The van der Waals surface area contributed by atoms with E-state index in [0.29, 0.717) is 0 Å². The Morgan fingerprint density at radius 3 is 1.56 bits per heavy atom. The van der Waals surface area contributed by atoms with Crippen molar-refractivity contribution in [2.75, 3.05) is 0 Å². The minimum atomic E-state index is -5.46. The summed E-state index contributed by atoms with van der Waals surface area (Å²) in [5, 5.41) is 0. The standard InChI is InChI=1S/C15H7F7O2S/c1-5(2)9-11(19)13(21)15(14(22)12(9)20)25(23,24)6-3-7(16)10(18)8(17)4-6/h3-4H,1H2,2H3. The Hall–Kier alpha value is -2.36. The first-order chi connectivity index (χ1) is 11.4. The molecule has 2 aromatic carbocycles. The molecule has 10 heteroatoms. The molecule has 0 atom stereocenters. The zero-order valence-corrected chi connectivity index (χ0v) is 13.0. The zero-order valence-electron chi connectivity index (χ0n) is 12.2. The average molecular weight is 384 g/mol. The van der Waals surface area contributed by atoms with Gasteiger partial charge in [0.15, 0.2) is 40.7 Å². The van der Waals surface area contributed by atoms with Crippen molar-refractivity contribution >= 4 is 15.4 Å². The lowest BCUT2D eigenvalue weighted by atomic mass is 10.1. The molecule has 0 aromatic heterocycles. The molecule has 0 saturated heterocycles. The van der Waals surface area contributed by atoms with Gasteiger partial charge >= 0.3 is 0 Å². The molecule has 134 valence electrons. The summed E-state index contributed by atoms with van der Waals surface area (Å²) in [5.74, 6) is -14.7. The van der Waals surface area contributed by atoms with Crippen LogP contribution in [0.25, 0.3) is 5.57 Å². The molecule has 0 saturated carbocycles. The van der Waals surface area contributed by atoms with Gasteiger partial charge in [0.2, 0.25) is 9.84 Å². The molecule has 0 aliphatic carbocycles. The first kappa shape index (κ1) is 19.0. The van der Waals surface area contributed by atoms with Crippen LogP contribution in [0.4, 0.5) is 30.7 Å². The fourth-order valence-corrected chi connectivity index (χ4v) is 3.43. The summed E-state index contributed by atoms with van der Waals surface area (Å²) < 4.78 is 120. The van der Waals surface area contributed by atoms with Crippen molar-refractivity contribution in [1.82, 2.24) is 0 Å². The Labute approximate surface area is 137 Å². The molecule has 0 aliphatic rings. The van der Waals surface area contributed by atoms with E-state index in [1.165, 1.54) is 0 Å². The maximum absolute atomic E-state index is 14.1. The van der Waals surface area contributed by atoms with Gasteiger partial charge in [0, 0.05) is 0 Å². The molecule has 2 aromatic rings. The molecule has 0 unspecified atom stereocenters. The number of halogens is 7. The van der Waals surface area contributed by atoms with Crippen LogP contribution in [-0.2, 0) is 9.84 Å². The molecule has 0 bridgehead atoms. The molecule has 2 nitrogen and oxygen atoms in total. The Kier molecular flexibility index (Phi) is 4.69. The number of sulfone groups is 1. The SMILES string of the molecule is C=C(C)c1c(F)c(F)c(S(=O)(=O)c2cc(F)c(F)c(F)c2)c(F)c1F. The second-order valence-electron chi connectivity index (χ2n) is 4.94. The highest BCUT2D eigenvalue weighted by atomic mass is 32.2. The van der Waals surface area contributed by atoms with Gasteiger partial charge in [-0.05, 0) is 24.6 Å². The maximum Gasteiger partial charge on any atom is 0.212 e. The van der Waals surface area contributed by atoms with Crippen LogP contribution in [0, 0.1) is 40.7 Å². The van der Waals surface area contributed by atoms with Crippen molar-refractivity contribution in [2.45, 2.75) is 16.7 Å². The van der Waals surface area contributed by atoms with E-state index < -0.39 is 71.5 Å². The van der Waals surface area contributed by atoms with Crippen LogP contribution in [0.2, 0.25) is 0 Å². The quantitative estimate of drug-likeness (QED) is 0.337. The molecule has 0 spiro atoms. The molecule has 25 heavy (non-hydrogen) atoms. The Balaban J connectivity index is 2.89. The Morgan fingerprint density at radius 1 is 0.800 bits per heavy atom. The van der Waals surface area contributed by atoms with E-state index >= 15 is 0 Å². The normalized spacial score (nSPS) is 11.7. The third kappa shape index (κ3) is 2.90. The Bertz CT molecular complexity index is 961. The summed E-state index contributed by atoms with van der Waals surface area (Å²) in [4.78, 5) is -3.53. The number of allylic oxidation sites excluding steroid dienone is 1. The first-order valence-corrected chi connectivity index (χ1v) is 7.81. The highest BCUT2D eigenvalue weighted by Gasteiger charge is 2.35. The molecule has 0 radical (unpaired) electrons. The van der Waals surface area contributed by atoms with Crippen LogP contribution in [-0.4, -0.2) is 8.42 Å². The fraction of sp³-hybridized carbons (Fsp3) is 0.0667. The topological polar surface area (TPSA) is 34.1 Å². The molecule has 2 rings (SSSR count). The van der Waals surface area contributed by atoms with Crippen molar-refractivity contribution < 1.29 is 39.2 Å². The van der Waals surface area contributed by atoms with Gasteiger partial charge in [-0.25, -0.2) is 39.2 Å². The molecule has 0 heterocycles. The summed E-state index contributed by atoms with van der Waals surface area (Å²) in [5.41, 5.74) is -1.65. The highest BCUT2D eigenvalue weighted by Crippen LogP contribution is 2.34. The third-order valence-corrected chi connectivity index (χ3v) is 4.94. The van der Waals surface area contributed by atoms with Gasteiger partial charge in [-0.2, -0.15) is 0 Å². The lowest BCUT2D eigenvalue weighted by Crippen LogP contribution is -2.14. The first-order valence-electron chi connectivity index (χ1n) is 6.32. The lowest BCUT2D eigenvalue weighted by Gasteiger charge is -2.13. The second-order valence-corrected chi connectivity index (χ2v) is 6.83. The molecule has 0 amide bonds. The average Bonchev–Trinajstić information content (AvgIpc) is 2.50. The van der Waals surface area contributed by atoms with Gasteiger partial charge < -0.3 is 0 Å². The summed E-state index contributed by atoms with van der Waals surface area (Å²) in [7, 11) is -5.46.